The maximum Gasteiger partial charge on any atom is 0.148 e. The molecule has 0 radical (unpaired) electrons. The summed E-state index contributed by atoms with van der Waals surface area (Å²) < 4.78 is 1.81. The topological polar surface area (TPSA) is 50.1 Å². The minimum Gasteiger partial charge on any atom is -0.508 e. The van der Waals surface area contributed by atoms with Crippen molar-refractivity contribution < 1.29 is 5.11 Å². The maximum absolute atomic E-state index is 9.58. The van der Waals surface area contributed by atoms with Gasteiger partial charge in [0.2, 0.25) is 0 Å². The average Bonchev–Trinajstić information content (AvgIpc) is 2.57. The van der Waals surface area contributed by atoms with E-state index >= 15 is 0 Å². The van der Waals surface area contributed by atoms with E-state index in [-0.39, 0.29) is 12.4 Å². The summed E-state index contributed by atoms with van der Waals surface area (Å²) in [4.78, 5) is 0. The minimum absolute atomic E-state index is 0. The minimum atomic E-state index is 0. The second-order valence-electron chi connectivity index (χ2n) is 3.78. The van der Waals surface area contributed by atoms with E-state index in [1.54, 1.807) is 6.07 Å². The van der Waals surface area contributed by atoms with Gasteiger partial charge in [-0.05, 0) is 13.0 Å². The molecule has 0 aliphatic rings. The van der Waals surface area contributed by atoms with Crippen LogP contribution in [0.25, 0.3) is 0 Å². The summed E-state index contributed by atoms with van der Waals surface area (Å²) in [6.45, 7) is 2.57. The molecule has 0 atom stereocenters. The molecule has 0 spiro atoms. The van der Waals surface area contributed by atoms with Crippen molar-refractivity contribution in [3.8, 4) is 5.75 Å². The fourth-order valence-electron chi connectivity index (χ4n) is 1.49. The van der Waals surface area contributed by atoms with Crippen LogP contribution in [-0.2, 0) is 13.6 Å². The van der Waals surface area contributed by atoms with Crippen molar-refractivity contribution in [2.45, 2.75) is 13.5 Å². The molecule has 0 aliphatic heterocycles. The van der Waals surface area contributed by atoms with E-state index in [1.165, 1.54) is 0 Å². The molecule has 0 aliphatic carbocycles. The number of nitrogens with one attached hydrogen (secondary N) is 1. The Bertz CT molecular complexity index is 477. The van der Waals surface area contributed by atoms with Gasteiger partial charge in [0, 0.05) is 30.9 Å². The Morgan fingerprint density at radius 1 is 1.35 bits per heavy atom. The highest BCUT2D eigenvalue weighted by Crippen LogP contribution is 2.17. The highest BCUT2D eigenvalue weighted by molar-refractivity contribution is 5.85. The summed E-state index contributed by atoms with van der Waals surface area (Å²) in [7, 11) is 1.90. The summed E-state index contributed by atoms with van der Waals surface area (Å²) in [6.07, 6.45) is 0. The molecule has 0 bridgehead atoms. The van der Waals surface area contributed by atoms with Crippen LogP contribution in [0.1, 0.15) is 11.3 Å². The lowest BCUT2D eigenvalue weighted by atomic mass is 10.2. The summed E-state index contributed by atoms with van der Waals surface area (Å²) in [5.41, 5.74) is 1.96. The lowest BCUT2D eigenvalue weighted by Gasteiger charge is -2.04. The molecule has 4 nitrogen and oxygen atoms in total. The molecule has 0 unspecified atom stereocenters. The zero-order valence-electron chi connectivity index (χ0n) is 9.84. The monoisotopic (exact) mass is 253 g/mol. The van der Waals surface area contributed by atoms with Gasteiger partial charge in [0.1, 0.15) is 11.6 Å². The second-order valence-corrected chi connectivity index (χ2v) is 3.78. The molecular formula is C12H16ClN3O. The normalized spacial score (nSPS) is 9.76. The first-order valence-electron chi connectivity index (χ1n) is 5.18. The first kappa shape index (κ1) is 13.4. The van der Waals surface area contributed by atoms with Gasteiger partial charge in [-0.2, -0.15) is 5.10 Å². The summed E-state index contributed by atoms with van der Waals surface area (Å²) in [5, 5.41) is 17.0. The quantitative estimate of drug-likeness (QED) is 0.884. The van der Waals surface area contributed by atoms with E-state index in [4.69, 9.17) is 0 Å². The van der Waals surface area contributed by atoms with Gasteiger partial charge >= 0.3 is 0 Å². The number of anilines is 1. The fraction of sp³-hybridized carbons (Fsp3) is 0.250. The van der Waals surface area contributed by atoms with Crippen molar-refractivity contribution >= 4 is 18.2 Å². The van der Waals surface area contributed by atoms with E-state index in [0.717, 1.165) is 17.1 Å². The Kier molecular flexibility index (Phi) is 4.40. The predicted octanol–water partition coefficient (Wildman–Crippen LogP) is 2.47. The van der Waals surface area contributed by atoms with Gasteiger partial charge in [0.15, 0.2) is 0 Å². The summed E-state index contributed by atoms with van der Waals surface area (Å²) in [5.74, 6) is 1.13. The van der Waals surface area contributed by atoms with Crippen LogP contribution in [0.3, 0.4) is 0 Å². The second kappa shape index (κ2) is 5.59. The Hall–Kier alpha value is -1.68. The number of benzene rings is 1. The number of hydrogen-bond donors (Lipinski definition) is 2. The number of aromatic nitrogens is 2. The number of para-hydroxylation sites is 1. The van der Waals surface area contributed by atoms with Crippen LogP contribution in [0.4, 0.5) is 5.82 Å². The zero-order chi connectivity index (χ0) is 11.5. The summed E-state index contributed by atoms with van der Waals surface area (Å²) in [6, 6.07) is 9.25. The van der Waals surface area contributed by atoms with Gasteiger partial charge in [-0.3, -0.25) is 4.68 Å². The average molecular weight is 254 g/mol. The smallest absolute Gasteiger partial charge is 0.148 e. The Morgan fingerprint density at radius 2 is 2.06 bits per heavy atom. The molecule has 17 heavy (non-hydrogen) atoms. The van der Waals surface area contributed by atoms with Gasteiger partial charge in [0.05, 0.1) is 0 Å². The van der Waals surface area contributed by atoms with Crippen molar-refractivity contribution in [2.75, 3.05) is 5.32 Å². The van der Waals surface area contributed by atoms with E-state index in [2.05, 4.69) is 10.4 Å². The fourth-order valence-corrected chi connectivity index (χ4v) is 1.49. The van der Waals surface area contributed by atoms with Crippen LogP contribution in [-0.4, -0.2) is 14.9 Å². The van der Waals surface area contributed by atoms with Crippen molar-refractivity contribution in [2.24, 2.45) is 7.05 Å². The maximum atomic E-state index is 9.58. The molecule has 2 aromatic rings. The Labute approximate surface area is 107 Å². The highest BCUT2D eigenvalue weighted by atomic mass is 35.5. The van der Waals surface area contributed by atoms with Gasteiger partial charge < -0.3 is 10.4 Å². The summed E-state index contributed by atoms with van der Waals surface area (Å²) >= 11 is 0. The van der Waals surface area contributed by atoms with E-state index in [9.17, 15) is 5.11 Å². The highest BCUT2D eigenvalue weighted by Gasteiger charge is 2.02. The molecule has 1 heterocycles. The van der Waals surface area contributed by atoms with Crippen LogP contribution in [0.15, 0.2) is 30.3 Å². The SMILES string of the molecule is Cc1cc(NCc2ccccc2O)nn1C.Cl. The lowest BCUT2D eigenvalue weighted by molar-refractivity contribution is 0.469. The van der Waals surface area contributed by atoms with Gasteiger partial charge in [-0.1, -0.05) is 18.2 Å². The van der Waals surface area contributed by atoms with Gasteiger partial charge in [-0.25, -0.2) is 0 Å². The lowest BCUT2D eigenvalue weighted by Crippen LogP contribution is -2.01. The molecule has 0 saturated carbocycles. The molecule has 5 heteroatoms. The number of phenols is 1. The van der Waals surface area contributed by atoms with E-state index < -0.39 is 0 Å². The molecule has 0 fully saturated rings. The number of aryl methyl sites for hydroxylation is 2. The number of nitrogens with zero attached hydrogens (tertiary/aromatic N) is 2. The third kappa shape index (κ3) is 3.14. The van der Waals surface area contributed by atoms with Gasteiger partial charge in [-0.15, -0.1) is 12.4 Å². The van der Waals surface area contributed by atoms with Gasteiger partial charge in [0.25, 0.3) is 0 Å². The molecule has 0 saturated heterocycles. The van der Waals surface area contributed by atoms with Crippen LogP contribution >= 0.6 is 12.4 Å². The van der Waals surface area contributed by atoms with Crippen LogP contribution in [0, 0.1) is 6.92 Å². The number of halogens is 1. The van der Waals surface area contributed by atoms with Crippen molar-refractivity contribution in [1.29, 1.82) is 0 Å². The molecule has 2 rings (SSSR count). The number of hydrogen-bond acceptors (Lipinski definition) is 3. The number of phenolic OH excluding ortho intramolecular Hbond substituents is 1. The Balaban J connectivity index is 0.00000144. The predicted molar refractivity (Wildman–Crippen MR) is 70.6 cm³/mol. The number of rotatable bonds is 3. The molecule has 1 aromatic heterocycles. The first-order valence-corrected chi connectivity index (χ1v) is 5.18. The van der Waals surface area contributed by atoms with Crippen LogP contribution in [0.2, 0.25) is 0 Å². The first-order chi connectivity index (χ1) is 7.66. The van der Waals surface area contributed by atoms with Crippen LogP contribution < -0.4 is 5.32 Å². The van der Waals surface area contributed by atoms with Crippen molar-refractivity contribution in [3.63, 3.8) is 0 Å². The number of aromatic hydroxyl groups is 1. The van der Waals surface area contributed by atoms with Crippen molar-refractivity contribution in [3.05, 3.63) is 41.6 Å². The van der Waals surface area contributed by atoms with Crippen LogP contribution in [0.5, 0.6) is 5.75 Å². The largest absolute Gasteiger partial charge is 0.508 e. The molecule has 92 valence electrons. The van der Waals surface area contributed by atoms with E-state index in [0.29, 0.717) is 12.3 Å². The van der Waals surface area contributed by atoms with Crippen molar-refractivity contribution in [1.82, 2.24) is 9.78 Å². The molecule has 2 N–H and O–H groups in total. The molecule has 0 amide bonds. The Morgan fingerprint density at radius 3 is 2.65 bits per heavy atom. The molecular weight excluding hydrogens is 238 g/mol. The van der Waals surface area contributed by atoms with E-state index in [1.807, 2.05) is 42.9 Å². The molecule has 1 aromatic carbocycles. The zero-order valence-corrected chi connectivity index (χ0v) is 10.7. The standard InChI is InChI=1S/C12H15N3O.ClH/c1-9-7-12(14-15(9)2)13-8-10-5-3-4-6-11(10)16;/h3-7,16H,8H2,1-2H3,(H,13,14);1H. The third-order valence-corrected chi connectivity index (χ3v) is 2.57. The third-order valence-electron chi connectivity index (χ3n) is 2.57.